The second-order valence-corrected chi connectivity index (χ2v) is 5.45. The van der Waals surface area contributed by atoms with E-state index in [0.29, 0.717) is 5.56 Å². The monoisotopic (exact) mass is 287 g/mol. The molecule has 0 saturated heterocycles. The van der Waals surface area contributed by atoms with Gasteiger partial charge in [0.05, 0.1) is 12.1 Å². The maximum Gasteiger partial charge on any atom is 0.128 e. The molecule has 3 heteroatoms. The summed E-state index contributed by atoms with van der Waals surface area (Å²) >= 11 is 0. The lowest BCUT2D eigenvalue weighted by atomic mass is 9.96. The molecule has 21 heavy (non-hydrogen) atoms. The molecular weight excluding hydrogens is 265 g/mol. The first-order valence-corrected chi connectivity index (χ1v) is 7.21. The van der Waals surface area contributed by atoms with Crippen LogP contribution in [0.3, 0.4) is 0 Å². The van der Waals surface area contributed by atoms with E-state index in [2.05, 4.69) is 5.32 Å². The van der Waals surface area contributed by atoms with Gasteiger partial charge >= 0.3 is 0 Å². The summed E-state index contributed by atoms with van der Waals surface area (Å²) in [6.45, 7) is 5.85. The molecule has 0 radical (unpaired) electrons. The van der Waals surface area contributed by atoms with Gasteiger partial charge in [-0.1, -0.05) is 30.3 Å². The Morgan fingerprint density at radius 3 is 2.38 bits per heavy atom. The lowest BCUT2D eigenvalue weighted by molar-refractivity contribution is 0.238. The number of ether oxygens (including phenoxy) is 1. The van der Waals surface area contributed by atoms with Gasteiger partial charge in [0.15, 0.2) is 0 Å². The number of benzene rings is 2. The highest BCUT2D eigenvalue weighted by Crippen LogP contribution is 2.31. The molecule has 0 heterocycles. The Morgan fingerprint density at radius 2 is 1.76 bits per heavy atom. The molecule has 1 unspecified atom stereocenters. The van der Waals surface area contributed by atoms with E-state index in [0.717, 1.165) is 16.9 Å². The lowest BCUT2D eigenvalue weighted by Crippen LogP contribution is -2.20. The first kappa shape index (κ1) is 15.5. The molecule has 0 aliphatic heterocycles. The average Bonchev–Trinajstić information content (AvgIpc) is 2.43. The van der Waals surface area contributed by atoms with Gasteiger partial charge in [-0.15, -0.1) is 0 Å². The Kier molecular flexibility index (Phi) is 4.97. The van der Waals surface area contributed by atoms with Crippen LogP contribution >= 0.6 is 0 Å². The third-order valence-electron chi connectivity index (χ3n) is 3.35. The van der Waals surface area contributed by atoms with Gasteiger partial charge in [0.25, 0.3) is 0 Å². The summed E-state index contributed by atoms with van der Waals surface area (Å²) < 4.78 is 20.1. The molecule has 1 atom stereocenters. The molecule has 0 bridgehead atoms. The topological polar surface area (TPSA) is 21.3 Å². The van der Waals surface area contributed by atoms with E-state index in [9.17, 15) is 4.39 Å². The zero-order chi connectivity index (χ0) is 15.4. The minimum Gasteiger partial charge on any atom is -0.491 e. The maximum atomic E-state index is 14.3. The van der Waals surface area contributed by atoms with Gasteiger partial charge in [-0.05, 0) is 45.5 Å². The summed E-state index contributed by atoms with van der Waals surface area (Å²) in [6, 6.07) is 12.8. The highest BCUT2D eigenvalue weighted by atomic mass is 19.1. The fourth-order valence-corrected chi connectivity index (χ4v) is 2.43. The Morgan fingerprint density at radius 1 is 1.05 bits per heavy atom. The van der Waals surface area contributed by atoms with E-state index in [1.807, 2.05) is 64.2 Å². The van der Waals surface area contributed by atoms with Crippen LogP contribution < -0.4 is 10.1 Å². The van der Waals surface area contributed by atoms with Crippen molar-refractivity contribution in [2.75, 3.05) is 7.05 Å². The van der Waals surface area contributed by atoms with E-state index in [-0.39, 0.29) is 18.0 Å². The minimum absolute atomic E-state index is 0.0755. The van der Waals surface area contributed by atoms with Crippen LogP contribution in [0.15, 0.2) is 42.5 Å². The van der Waals surface area contributed by atoms with Crippen molar-refractivity contribution in [1.82, 2.24) is 5.32 Å². The highest BCUT2D eigenvalue weighted by Gasteiger charge is 2.20. The fraction of sp³-hybridized carbons (Fsp3) is 0.333. The summed E-state index contributed by atoms with van der Waals surface area (Å²) in [5, 5.41) is 3.19. The fourth-order valence-electron chi connectivity index (χ4n) is 2.43. The quantitative estimate of drug-likeness (QED) is 0.888. The van der Waals surface area contributed by atoms with Crippen LogP contribution in [-0.4, -0.2) is 13.2 Å². The molecule has 1 N–H and O–H groups in total. The standard InChI is InChI=1S/C18H22FNO/c1-12(2)21-17-8-6-5-7-15(17)18(20-4)14-10-9-13(3)11-16(14)19/h5-12,18,20H,1-4H3. The van der Waals surface area contributed by atoms with Crippen LogP contribution in [0.25, 0.3) is 0 Å². The van der Waals surface area contributed by atoms with E-state index >= 15 is 0 Å². The van der Waals surface area contributed by atoms with E-state index in [4.69, 9.17) is 4.74 Å². The van der Waals surface area contributed by atoms with Gasteiger partial charge in [-0.25, -0.2) is 4.39 Å². The molecule has 0 saturated carbocycles. The van der Waals surface area contributed by atoms with Crippen LogP contribution in [0.1, 0.15) is 36.6 Å². The number of aryl methyl sites for hydroxylation is 1. The number of nitrogens with one attached hydrogen (secondary N) is 1. The molecule has 0 aromatic heterocycles. The molecule has 2 rings (SSSR count). The third-order valence-corrected chi connectivity index (χ3v) is 3.35. The van der Waals surface area contributed by atoms with Gasteiger partial charge in [0.2, 0.25) is 0 Å². The van der Waals surface area contributed by atoms with E-state index in [1.165, 1.54) is 0 Å². The first-order valence-electron chi connectivity index (χ1n) is 7.21. The third kappa shape index (κ3) is 3.61. The predicted molar refractivity (Wildman–Crippen MR) is 84.2 cm³/mol. The van der Waals surface area contributed by atoms with Crippen LogP contribution in [0, 0.1) is 12.7 Å². The molecule has 2 aromatic carbocycles. The number of halogens is 1. The van der Waals surface area contributed by atoms with Gasteiger partial charge < -0.3 is 10.1 Å². The Balaban J connectivity index is 2.46. The molecule has 2 nitrogen and oxygen atoms in total. The summed E-state index contributed by atoms with van der Waals surface area (Å²) in [5.41, 5.74) is 2.48. The molecule has 0 spiro atoms. The summed E-state index contributed by atoms with van der Waals surface area (Å²) in [5.74, 6) is 0.584. The van der Waals surface area contributed by atoms with E-state index < -0.39 is 0 Å². The molecule has 0 aliphatic carbocycles. The van der Waals surface area contributed by atoms with Crippen molar-refractivity contribution in [3.63, 3.8) is 0 Å². The summed E-state index contributed by atoms with van der Waals surface area (Å²) in [7, 11) is 1.83. The SMILES string of the molecule is CNC(c1ccc(C)cc1F)c1ccccc1OC(C)C. The molecule has 2 aromatic rings. The van der Waals surface area contributed by atoms with Crippen LogP contribution in [-0.2, 0) is 0 Å². The van der Waals surface area contributed by atoms with Crippen molar-refractivity contribution in [2.45, 2.75) is 32.9 Å². The molecule has 0 aliphatic rings. The van der Waals surface area contributed by atoms with Crippen molar-refractivity contribution in [3.8, 4) is 5.75 Å². The normalized spacial score (nSPS) is 12.5. The van der Waals surface area contributed by atoms with Gasteiger partial charge in [-0.3, -0.25) is 0 Å². The van der Waals surface area contributed by atoms with Crippen LogP contribution in [0.4, 0.5) is 4.39 Å². The summed E-state index contributed by atoms with van der Waals surface area (Å²) in [4.78, 5) is 0. The van der Waals surface area contributed by atoms with Gasteiger partial charge in [0.1, 0.15) is 11.6 Å². The predicted octanol–water partition coefficient (Wildman–Crippen LogP) is 4.23. The molecule has 0 amide bonds. The van der Waals surface area contributed by atoms with Gasteiger partial charge in [-0.2, -0.15) is 0 Å². The zero-order valence-electron chi connectivity index (χ0n) is 13.0. The van der Waals surface area contributed by atoms with Crippen molar-refractivity contribution in [3.05, 3.63) is 65.0 Å². The second-order valence-electron chi connectivity index (χ2n) is 5.45. The van der Waals surface area contributed by atoms with E-state index in [1.54, 1.807) is 6.07 Å². The van der Waals surface area contributed by atoms with Crippen LogP contribution in [0.2, 0.25) is 0 Å². The van der Waals surface area contributed by atoms with Gasteiger partial charge in [0, 0.05) is 11.1 Å². The lowest BCUT2D eigenvalue weighted by Gasteiger charge is -2.22. The highest BCUT2D eigenvalue weighted by molar-refractivity contribution is 5.42. The molecule has 0 fully saturated rings. The second kappa shape index (κ2) is 6.72. The van der Waals surface area contributed by atoms with Crippen molar-refractivity contribution in [1.29, 1.82) is 0 Å². The number of hydrogen-bond acceptors (Lipinski definition) is 2. The number of para-hydroxylation sites is 1. The molecular formula is C18H22FNO. The maximum absolute atomic E-state index is 14.3. The molecule has 112 valence electrons. The largest absolute Gasteiger partial charge is 0.491 e. The zero-order valence-corrected chi connectivity index (χ0v) is 13.0. The minimum atomic E-state index is -0.236. The first-order chi connectivity index (χ1) is 10.0. The number of hydrogen-bond donors (Lipinski definition) is 1. The smallest absolute Gasteiger partial charge is 0.128 e. The van der Waals surface area contributed by atoms with Crippen LogP contribution in [0.5, 0.6) is 5.75 Å². The Bertz CT molecular complexity index is 610. The summed E-state index contributed by atoms with van der Waals surface area (Å²) in [6.07, 6.45) is 0.0755. The Labute approximate surface area is 126 Å². The number of rotatable bonds is 5. The van der Waals surface area contributed by atoms with Crippen molar-refractivity contribution < 1.29 is 9.13 Å². The Hall–Kier alpha value is -1.87. The van der Waals surface area contributed by atoms with Crippen molar-refractivity contribution in [2.24, 2.45) is 0 Å². The average molecular weight is 287 g/mol. The van der Waals surface area contributed by atoms with Crippen molar-refractivity contribution >= 4 is 0 Å².